The third-order valence-corrected chi connectivity index (χ3v) is 19.8. The van der Waals surface area contributed by atoms with Crippen LogP contribution in [-0.4, -0.2) is 0 Å². The molecule has 0 bridgehead atoms. The van der Waals surface area contributed by atoms with Gasteiger partial charge in [-0.2, -0.15) is 0 Å². The fourth-order valence-corrected chi connectivity index (χ4v) is 12.6. The number of benzene rings is 13. The molecule has 0 N–H and O–H groups in total. The van der Waals surface area contributed by atoms with E-state index in [1.165, 1.54) is 150 Å². The second-order valence-corrected chi connectivity index (χ2v) is 30.8. The van der Waals surface area contributed by atoms with Crippen molar-refractivity contribution in [3.63, 3.8) is 0 Å². The highest BCUT2D eigenvalue weighted by molar-refractivity contribution is 5.69. The molecule has 0 unspecified atom stereocenters. The molecule has 0 fully saturated rings. The van der Waals surface area contributed by atoms with Crippen LogP contribution in [0.1, 0.15) is 197 Å². The molecule has 0 atom stereocenters. The molecule has 0 aromatic heterocycles. The van der Waals surface area contributed by atoms with E-state index in [2.05, 4.69) is 459 Å². The summed E-state index contributed by atoms with van der Waals surface area (Å²) in [6.07, 6.45) is 0. The summed E-state index contributed by atoms with van der Waals surface area (Å²) in [6, 6.07) is 108. The highest BCUT2D eigenvalue weighted by Crippen LogP contribution is 2.29. The zero-order valence-electron chi connectivity index (χ0n) is 71.2. The molecule has 0 heterocycles. The molecule has 0 nitrogen and oxygen atoms in total. The largest absolute Gasteiger partial charge is 0.0622 e. The summed E-state index contributed by atoms with van der Waals surface area (Å²) in [6.45, 7) is 56.8. The van der Waals surface area contributed by atoms with Crippen molar-refractivity contribution in [1.29, 1.82) is 0 Å². The van der Waals surface area contributed by atoms with Gasteiger partial charge >= 0.3 is 0 Å². The molecule has 0 aliphatic heterocycles. The van der Waals surface area contributed by atoms with Gasteiger partial charge in [0, 0.05) is 0 Å². The van der Waals surface area contributed by atoms with E-state index in [9.17, 15) is 0 Å². The van der Waals surface area contributed by atoms with Gasteiger partial charge in [-0.3, -0.25) is 0 Å². The zero-order chi connectivity index (χ0) is 79.9. The van der Waals surface area contributed by atoms with Crippen LogP contribution in [0.25, 0.3) is 33.4 Å². The van der Waals surface area contributed by atoms with Crippen LogP contribution in [0.15, 0.2) is 309 Å². The van der Waals surface area contributed by atoms with E-state index in [4.69, 9.17) is 0 Å². The van der Waals surface area contributed by atoms with Crippen molar-refractivity contribution in [2.75, 3.05) is 0 Å². The molecule has 564 valence electrons. The summed E-state index contributed by atoms with van der Waals surface area (Å²) in [4.78, 5) is 0. The predicted octanol–water partition coefficient (Wildman–Crippen LogP) is 31.8. The Morgan fingerprint density at radius 1 is 0.185 bits per heavy atom. The Morgan fingerprint density at radius 2 is 0.491 bits per heavy atom. The molecule has 0 radical (unpaired) electrons. The summed E-state index contributed by atoms with van der Waals surface area (Å²) in [5, 5.41) is 0. The fraction of sp³-hybridized carbons (Fsp3) is 0.278. The van der Waals surface area contributed by atoms with Crippen molar-refractivity contribution in [2.45, 2.75) is 203 Å². The van der Waals surface area contributed by atoms with E-state index in [0.29, 0.717) is 17.8 Å². The minimum absolute atomic E-state index is 0.283. The maximum absolute atomic E-state index is 2.26. The molecule has 0 aliphatic carbocycles. The van der Waals surface area contributed by atoms with E-state index in [1.807, 2.05) is 30.3 Å². The SMILES string of the molecule is Cc1c(C(C)C)cccc1C(C)C.Cc1cc(C)c(C)c(C)c1.Cc1cccc(-c2ccccc2)c1.Cc1cccc(-c2ccccc2)c1C.Cc1cccc(C)c1C.Cc1ccccc1.Cc1ccccc1-c1ccccc1.Cc1ccccc1C.Cc1ccccc1C(C)(C)C.Cc1ccccc1C(C)C. The first-order chi connectivity index (χ1) is 51.3. The van der Waals surface area contributed by atoms with E-state index in [1.54, 1.807) is 0 Å². The third kappa shape index (κ3) is 32.1. The van der Waals surface area contributed by atoms with E-state index in [-0.39, 0.29) is 5.41 Å². The molecule has 108 heavy (non-hydrogen) atoms. The van der Waals surface area contributed by atoms with Crippen LogP contribution in [0.5, 0.6) is 0 Å². The Hall–Kier alpha value is -10.1. The fourth-order valence-electron chi connectivity index (χ4n) is 12.6. The Bertz CT molecular complexity index is 4580. The van der Waals surface area contributed by atoms with Crippen molar-refractivity contribution in [2.24, 2.45) is 0 Å². The lowest BCUT2D eigenvalue weighted by molar-refractivity contribution is 0.586. The minimum atomic E-state index is 0.283. The van der Waals surface area contributed by atoms with Crippen molar-refractivity contribution >= 4 is 0 Å². The molecule has 0 amide bonds. The van der Waals surface area contributed by atoms with Gasteiger partial charge in [0.15, 0.2) is 0 Å². The van der Waals surface area contributed by atoms with Crippen LogP contribution in [-0.2, 0) is 5.41 Å². The van der Waals surface area contributed by atoms with Gasteiger partial charge in [-0.05, 0) is 274 Å². The van der Waals surface area contributed by atoms with E-state index < -0.39 is 0 Å². The second kappa shape index (κ2) is 47.5. The molecule has 0 aliphatic rings. The van der Waals surface area contributed by atoms with Gasteiger partial charge in [0.25, 0.3) is 0 Å². The van der Waals surface area contributed by atoms with Crippen LogP contribution in [0.3, 0.4) is 0 Å². The van der Waals surface area contributed by atoms with Gasteiger partial charge in [-0.25, -0.2) is 0 Å². The maximum atomic E-state index is 2.26. The third-order valence-electron chi connectivity index (χ3n) is 19.8. The Morgan fingerprint density at radius 3 is 0.870 bits per heavy atom. The minimum Gasteiger partial charge on any atom is -0.0622 e. The molecular formula is C108H132. The van der Waals surface area contributed by atoms with Crippen LogP contribution in [0.2, 0.25) is 0 Å². The molecule has 0 spiro atoms. The van der Waals surface area contributed by atoms with E-state index >= 15 is 0 Å². The monoisotopic (exact) mass is 1430 g/mol. The first-order valence-electron chi connectivity index (χ1n) is 39.0. The van der Waals surface area contributed by atoms with Gasteiger partial charge in [0.1, 0.15) is 0 Å². The van der Waals surface area contributed by atoms with Crippen molar-refractivity contribution in [3.05, 3.63) is 426 Å². The molecule has 13 rings (SSSR count). The lowest BCUT2D eigenvalue weighted by Gasteiger charge is -2.21. The van der Waals surface area contributed by atoms with Crippen LogP contribution in [0, 0.1) is 118 Å². The molecular weight excluding hydrogens is 1300 g/mol. The topological polar surface area (TPSA) is 0 Å². The highest BCUT2D eigenvalue weighted by atomic mass is 14.2. The predicted molar refractivity (Wildman–Crippen MR) is 482 cm³/mol. The number of aryl methyl sites for hydroxylation is 13. The first-order valence-corrected chi connectivity index (χ1v) is 39.0. The number of hydrogen-bond donors (Lipinski definition) is 0. The van der Waals surface area contributed by atoms with Crippen LogP contribution < -0.4 is 0 Å². The summed E-state index contributed by atoms with van der Waals surface area (Å²) >= 11 is 0. The number of rotatable bonds is 6. The Balaban J connectivity index is 0.000000255. The standard InChI is InChI=1S/C14H14.2C13H12.C13H20.C11H16.2C10H14.C9H12.C8H10.C7H8/c1-11-7-6-10-14(12(11)2)13-8-4-3-5-9-13;1-11-7-5-6-10-13(11)12-8-3-2-4-9-12;1-11-6-5-9-13(10-11)12-7-3-2-4-8-12;1-9(2)12-7-6-8-13(10(3)4)11(12)5;1-9-7-5-6-8-10(9)11(2,3)4;1-7-5-8(2)10(4)9(3)6-7;1-8(2)10-7-5-4-6-9(10)3;1-7-5-4-6-8(2)9(7)3;1-7-5-3-4-6-8(7)2;1-7-5-3-2-4-6-7/h3-10H,1-2H3;2*2-10H,1H3;6-10H,1-5H3;5-8H,1-4H3;5-6H,1-4H3;4-8H,1-3H3;4-6H,1-3H3;3-6H,1-2H3;2-6H,1H3. The summed E-state index contributed by atoms with van der Waals surface area (Å²) in [7, 11) is 0. The van der Waals surface area contributed by atoms with Crippen LogP contribution >= 0.6 is 0 Å². The molecule has 13 aromatic rings. The maximum Gasteiger partial charge on any atom is -0.0129 e. The summed E-state index contributed by atoms with van der Waals surface area (Å²) in [5.74, 6) is 1.93. The Kier molecular flexibility index (Phi) is 39.7. The Labute approximate surface area is 658 Å². The van der Waals surface area contributed by atoms with Gasteiger partial charge in [0.2, 0.25) is 0 Å². The second-order valence-electron chi connectivity index (χ2n) is 30.8. The van der Waals surface area contributed by atoms with Crippen molar-refractivity contribution < 1.29 is 0 Å². The molecule has 0 saturated heterocycles. The van der Waals surface area contributed by atoms with Gasteiger partial charge in [-0.15, -0.1) is 0 Å². The lowest BCUT2D eigenvalue weighted by atomic mass is 9.84. The van der Waals surface area contributed by atoms with Gasteiger partial charge < -0.3 is 0 Å². The summed E-state index contributed by atoms with van der Waals surface area (Å²) < 4.78 is 0. The first kappa shape index (κ1) is 90.3. The lowest BCUT2D eigenvalue weighted by Crippen LogP contribution is -2.12. The molecule has 0 saturated carbocycles. The molecule has 13 aromatic carbocycles. The average molecular weight is 1430 g/mol. The zero-order valence-corrected chi connectivity index (χ0v) is 71.2. The van der Waals surface area contributed by atoms with Crippen molar-refractivity contribution in [3.8, 4) is 33.4 Å². The average Bonchev–Trinajstić information content (AvgIpc) is 0.908. The molecule has 0 heteroatoms. The van der Waals surface area contributed by atoms with Crippen LogP contribution in [0.4, 0.5) is 0 Å². The van der Waals surface area contributed by atoms with Gasteiger partial charge in [-0.1, -0.05) is 388 Å². The van der Waals surface area contributed by atoms with Gasteiger partial charge in [0.05, 0.1) is 0 Å². The quantitative estimate of drug-likeness (QED) is 0.156. The normalized spacial score (nSPS) is 10.2. The summed E-state index contributed by atoms with van der Waals surface area (Å²) in [5.41, 5.74) is 37.5. The smallest absolute Gasteiger partial charge is 0.0129 e. The van der Waals surface area contributed by atoms with E-state index in [0.717, 1.165) is 0 Å². The highest BCUT2D eigenvalue weighted by Gasteiger charge is 2.15. The van der Waals surface area contributed by atoms with Crippen molar-refractivity contribution in [1.82, 2.24) is 0 Å². The number of hydrogen-bond acceptors (Lipinski definition) is 0.